The average Bonchev–Trinajstić information content (AvgIpc) is 2.71. The lowest BCUT2D eigenvalue weighted by molar-refractivity contribution is 0.506. The average molecular weight is 294 g/mol. The Kier molecular flexibility index (Phi) is 4.75. The molecule has 3 N–H and O–H groups in total. The predicted octanol–water partition coefficient (Wildman–Crippen LogP) is 2.32. The Bertz CT molecular complexity index is 593. The van der Waals surface area contributed by atoms with E-state index in [4.69, 9.17) is 17.4 Å². The van der Waals surface area contributed by atoms with Crippen molar-refractivity contribution in [2.75, 3.05) is 0 Å². The summed E-state index contributed by atoms with van der Waals surface area (Å²) in [6.45, 7) is 6.70. The highest BCUT2D eigenvalue weighted by Gasteiger charge is 2.19. The SMILES string of the molecule is CCn1nc(C)c(Cl)c1CC(NN)c1cccc(C)n1. The van der Waals surface area contributed by atoms with Gasteiger partial charge in [0.25, 0.3) is 0 Å². The van der Waals surface area contributed by atoms with Crippen molar-refractivity contribution < 1.29 is 0 Å². The minimum atomic E-state index is -0.0891. The summed E-state index contributed by atoms with van der Waals surface area (Å²) in [7, 11) is 0. The molecule has 0 aliphatic carbocycles. The van der Waals surface area contributed by atoms with Gasteiger partial charge in [-0.3, -0.25) is 20.9 Å². The van der Waals surface area contributed by atoms with Crippen LogP contribution in [-0.2, 0) is 13.0 Å². The number of aromatic nitrogens is 3. The first-order valence-electron chi connectivity index (χ1n) is 6.68. The van der Waals surface area contributed by atoms with E-state index in [0.717, 1.165) is 29.3 Å². The maximum absolute atomic E-state index is 6.34. The number of hydrogen-bond donors (Lipinski definition) is 2. The third-order valence-corrected chi connectivity index (χ3v) is 3.81. The Labute approximate surface area is 124 Å². The van der Waals surface area contributed by atoms with Crippen LogP contribution in [0, 0.1) is 13.8 Å². The summed E-state index contributed by atoms with van der Waals surface area (Å²) >= 11 is 6.34. The van der Waals surface area contributed by atoms with Gasteiger partial charge in [0, 0.05) is 18.7 Å². The Hall–Kier alpha value is -1.43. The Morgan fingerprint density at radius 3 is 2.75 bits per heavy atom. The fraction of sp³-hybridized carbons (Fsp3) is 0.429. The number of pyridine rings is 1. The van der Waals surface area contributed by atoms with Crippen molar-refractivity contribution >= 4 is 11.6 Å². The van der Waals surface area contributed by atoms with E-state index < -0.39 is 0 Å². The third-order valence-electron chi connectivity index (χ3n) is 3.32. The Balaban J connectivity index is 2.31. The monoisotopic (exact) mass is 293 g/mol. The van der Waals surface area contributed by atoms with Gasteiger partial charge in [0.1, 0.15) is 0 Å². The lowest BCUT2D eigenvalue weighted by Crippen LogP contribution is -2.31. The normalized spacial score (nSPS) is 12.7. The van der Waals surface area contributed by atoms with Gasteiger partial charge in [0.15, 0.2) is 0 Å². The molecule has 0 aliphatic heterocycles. The molecule has 108 valence electrons. The van der Waals surface area contributed by atoms with Gasteiger partial charge in [0.2, 0.25) is 0 Å². The molecule has 20 heavy (non-hydrogen) atoms. The van der Waals surface area contributed by atoms with E-state index >= 15 is 0 Å². The quantitative estimate of drug-likeness (QED) is 0.656. The van der Waals surface area contributed by atoms with Crippen LogP contribution in [0.1, 0.15) is 35.7 Å². The smallest absolute Gasteiger partial charge is 0.0847 e. The summed E-state index contributed by atoms with van der Waals surface area (Å²) < 4.78 is 1.91. The first-order chi connectivity index (χ1) is 9.56. The topological polar surface area (TPSA) is 68.8 Å². The van der Waals surface area contributed by atoms with Crippen LogP contribution >= 0.6 is 11.6 Å². The maximum atomic E-state index is 6.34. The van der Waals surface area contributed by atoms with E-state index in [-0.39, 0.29) is 6.04 Å². The van der Waals surface area contributed by atoms with Crippen LogP contribution in [0.5, 0.6) is 0 Å². The van der Waals surface area contributed by atoms with Gasteiger partial charge >= 0.3 is 0 Å². The Morgan fingerprint density at radius 1 is 1.40 bits per heavy atom. The number of aryl methyl sites for hydroxylation is 3. The number of nitrogens with two attached hydrogens (primary N) is 1. The summed E-state index contributed by atoms with van der Waals surface area (Å²) in [4.78, 5) is 4.52. The first kappa shape index (κ1) is 15.0. The summed E-state index contributed by atoms with van der Waals surface area (Å²) in [6.07, 6.45) is 0.653. The summed E-state index contributed by atoms with van der Waals surface area (Å²) in [5.74, 6) is 5.69. The highest BCUT2D eigenvalue weighted by Crippen LogP contribution is 2.25. The van der Waals surface area contributed by atoms with E-state index in [0.29, 0.717) is 11.4 Å². The molecule has 0 bridgehead atoms. The lowest BCUT2D eigenvalue weighted by Gasteiger charge is -2.16. The van der Waals surface area contributed by atoms with Crippen LogP contribution in [0.4, 0.5) is 0 Å². The summed E-state index contributed by atoms with van der Waals surface area (Å²) in [5.41, 5.74) is 6.52. The molecular formula is C14H20ClN5. The van der Waals surface area contributed by atoms with E-state index in [9.17, 15) is 0 Å². The molecule has 0 saturated heterocycles. The minimum absolute atomic E-state index is 0.0891. The number of hydrogen-bond acceptors (Lipinski definition) is 4. The van der Waals surface area contributed by atoms with Gasteiger partial charge in [-0.15, -0.1) is 0 Å². The molecule has 0 aliphatic rings. The van der Waals surface area contributed by atoms with Crippen LogP contribution in [0.25, 0.3) is 0 Å². The molecule has 0 fully saturated rings. The van der Waals surface area contributed by atoms with E-state index in [1.165, 1.54) is 0 Å². The summed E-state index contributed by atoms with van der Waals surface area (Å²) in [5, 5.41) is 5.13. The maximum Gasteiger partial charge on any atom is 0.0847 e. The van der Waals surface area contributed by atoms with Crippen LogP contribution in [0.15, 0.2) is 18.2 Å². The number of nitrogens with zero attached hydrogens (tertiary/aromatic N) is 3. The highest BCUT2D eigenvalue weighted by atomic mass is 35.5. The molecular weight excluding hydrogens is 274 g/mol. The number of rotatable bonds is 5. The van der Waals surface area contributed by atoms with Crippen molar-refractivity contribution in [2.24, 2.45) is 5.84 Å². The molecule has 0 aromatic carbocycles. The zero-order chi connectivity index (χ0) is 14.7. The molecule has 2 aromatic heterocycles. The van der Waals surface area contributed by atoms with E-state index in [1.54, 1.807) is 0 Å². The van der Waals surface area contributed by atoms with Gasteiger partial charge in [-0.25, -0.2) is 0 Å². The van der Waals surface area contributed by atoms with Crippen LogP contribution < -0.4 is 11.3 Å². The Morgan fingerprint density at radius 2 is 2.15 bits per heavy atom. The lowest BCUT2D eigenvalue weighted by atomic mass is 10.1. The predicted molar refractivity (Wildman–Crippen MR) is 80.4 cm³/mol. The van der Waals surface area contributed by atoms with Gasteiger partial charge in [-0.1, -0.05) is 17.7 Å². The molecule has 2 heterocycles. The molecule has 1 atom stereocenters. The van der Waals surface area contributed by atoms with Crippen molar-refractivity contribution in [3.05, 3.63) is 46.0 Å². The molecule has 1 unspecified atom stereocenters. The fourth-order valence-corrected chi connectivity index (χ4v) is 2.48. The van der Waals surface area contributed by atoms with Gasteiger partial charge < -0.3 is 0 Å². The largest absolute Gasteiger partial charge is 0.271 e. The van der Waals surface area contributed by atoms with Crippen LogP contribution in [0.2, 0.25) is 5.02 Å². The van der Waals surface area contributed by atoms with Crippen molar-refractivity contribution in [3.8, 4) is 0 Å². The summed E-state index contributed by atoms with van der Waals surface area (Å²) in [6, 6.07) is 5.82. The number of nitrogens with one attached hydrogen (secondary N) is 1. The second-order valence-electron chi connectivity index (χ2n) is 4.79. The fourth-order valence-electron chi connectivity index (χ4n) is 2.26. The second kappa shape index (κ2) is 6.35. The first-order valence-corrected chi connectivity index (χ1v) is 7.06. The number of hydrazine groups is 1. The molecule has 0 saturated carbocycles. The standard InChI is InChI=1S/C14H20ClN5/c1-4-20-13(14(15)10(3)19-20)8-12(18-16)11-7-5-6-9(2)17-11/h5-7,12,18H,4,8,16H2,1-3H3. The number of halogens is 1. The highest BCUT2D eigenvalue weighted by molar-refractivity contribution is 6.31. The molecule has 0 radical (unpaired) electrons. The minimum Gasteiger partial charge on any atom is -0.271 e. The molecule has 0 spiro atoms. The van der Waals surface area contributed by atoms with Crippen LogP contribution in [-0.4, -0.2) is 14.8 Å². The van der Waals surface area contributed by atoms with E-state index in [1.807, 2.05) is 43.7 Å². The van der Waals surface area contributed by atoms with Crippen molar-refractivity contribution in [2.45, 2.75) is 39.8 Å². The third kappa shape index (κ3) is 3.00. The van der Waals surface area contributed by atoms with Gasteiger partial charge in [0.05, 0.1) is 28.1 Å². The van der Waals surface area contributed by atoms with Crippen LogP contribution in [0.3, 0.4) is 0 Å². The second-order valence-corrected chi connectivity index (χ2v) is 5.17. The van der Waals surface area contributed by atoms with Crippen molar-refractivity contribution in [3.63, 3.8) is 0 Å². The molecule has 0 amide bonds. The molecule has 2 rings (SSSR count). The molecule has 5 nitrogen and oxygen atoms in total. The molecule has 2 aromatic rings. The van der Waals surface area contributed by atoms with Gasteiger partial charge in [-0.05, 0) is 32.9 Å². The van der Waals surface area contributed by atoms with E-state index in [2.05, 4.69) is 15.5 Å². The zero-order valence-corrected chi connectivity index (χ0v) is 12.8. The van der Waals surface area contributed by atoms with Crippen molar-refractivity contribution in [1.82, 2.24) is 20.2 Å². The zero-order valence-electron chi connectivity index (χ0n) is 12.0. The van der Waals surface area contributed by atoms with Crippen molar-refractivity contribution in [1.29, 1.82) is 0 Å². The molecule has 6 heteroatoms. The van der Waals surface area contributed by atoms with Gasteiger partial charge in [-0.2, -0.15) is 5.10 Å².